The number of hydrogen-bond acceptors (Lipinski definition) is 7. The van der Waals surface area contributed by atoms with E-state index < -0.39 is 0 Å². The van der Waals surface area contributed by atoms with Gasteiger partial charge in [0.15, 0.2) is 11.5 Å². The van der Waals surface area contributed by atoms with Gasteiger partial charge in [-0.3, -0.25) is 5.32 Å². The van der Waals surface area contributed by atoms with E-state index in [0.717, 1.165) is 37.3 Å². The number of para-hydroxylation sites is 1. The van der Waals surface area contributed by atoms with E-state index in [1.54, 1.807) is 13.2 Å². The third kappa shape index (κ3) is 4.29. The van der Waals surface area contributed by atoms with Gasteiger partial charge in [-0.1, -0.05) is 18.2 Å². The summed E-state index contributed by atoms with van der Waals surface area (Å²) in [5, 5.41) is 13.6. The van der Waals surface area contributed by atoms with Crippen LogP contribution in [0.4, 0.5) is 22.2 Å². The first kappa shape index (κ1) is 19.5. The van der Waals surface area contributed by atoms with Crippen LogP contribution in [0.15, 0.2) is 47.1 Å². The number of carbonyl (C=O) groups is 1. The minimum absolute atomic E-state index is 0.349. The normalized spacial score (nSPS) is 14.6. The molecule has 0 spiro atoms. The molecule has 1 fully saturated rings. The summed E-state index contributed by atoms with van der Waals surface area (Å²) in [6.45, 7) is 3.46. The second-order valence-corrected chi connectivity index (χ2v) is 7.31. The summed E-state index contributed by atoms with van der Waals surface area (Å²) in [5.74, 6) is 0.932. The highest BCUT2D eigenvalue weighted by Gasteiger charge is 2.23. The molecule has 1 aliphatic rings. The van der Waals surface area contributed by atoms with Gasteiger partial charge in [0.25, 0.3) is 0 Å². The number of benzene rings is 1. The monoisotopic (exact) mass is 456 g/mol. The number of nitrogens with zero attached hydrogens (tertiary/aromatic N) is 5. The highest BCUT2D eigenvalue weighted by Crippen LogP contribution is 2.28. The molecule has 2 aromatic heterocycles. The fourth-order valence-corrected chi connectivity index (χ4v) is 3.55. The van der Waals surface area contributed by atoms with Crippen molar-refractivity contribution in [2.75, 3.05) is 43.6 Å². The Kier molecular flexibility index (Phi) is 5.84. The van der Waals surface area contributed by atoms with Gasteiger partial charge >= 0.3 is 6.03 Å². The Bertz CT molecular complexity index is 1010. The lowest BCUT2D eigenvalue weighted by molar-refractivity contribution is 0.240. The van der Waals surface area contributed by atoms with Crippen molar-refractivity contribution < 1.29 is 4.79 Å². The van der Waals surface area contributed by atoms with Crippen molar-refractivity contribution in [3.05, 3.63) is 47.1 Å². The number of pyridine rings is 1. The number of hydrogen-bond donors (Lipinski definition) is 3. The van der Waals surface area contributed by atoms with E-state index in [9.17, 15) is 4.79 Å². The van der Waals surface area contributed by atoms with Gasteiger partial charge in [-0.25, -0.2) is 24.8 Å². The van der Waals surface area contributed by atoms with Crippen molar-refractivity contribution in [3.8, 4) is 0 Å². The van der Waals surface area contributed by atoms with Crippen LogP contribution in [0.1, 0.15) is 0 Å². The second-order valence-electron chi connectivity index (χ2n) is 6.46. The molecule has 10 heteroatoms. The molecule has 29 heavy (non-hydrogen) atoms. The molecule has 3 aromatic rings. The molecule has 2 amide bonds. The standard InChI is InChI=1S/C19H21BrN8O/c1-21-19(29)26-17-15(20)11-13-12-23-18(25-16(13)24-17)28(14-5-3-2-4-6-14)27-9-7-22-8-10-27/h2-6,11-12,22H,7-10H2,1H3,(H2,21,23,24,25,26,29). The van der Waals surface area contributed by atoms with Crippen molar-refractivity contribution in [1.29, 1.82) is 0 Å². The summed E-state index contributed by atoms with van der Waals surface area (Å²) in [6.07, 6.45) is 1.75. The highest BCUT2D eigenvalue weighted by molar-refractivity contribution is 9.10. The molecule has 150 valence electrons. The first-order valence-electron chi connectivity index (χ1n) is 9.28. The van der Waals surface area contributed by atoms with Gasteiger partial charge in [-0.2, -0.15) is 4.98 Å². The zero-order chi connectivity index (χ0) is 20.2. The smallest absolute Gasteiger partial charge is 0.320 e. The summed E-state index contributed by atoms with van der Waals surface area (Å²) in [7, 11) is 1.55. The van der Waals surface area contributed by atoms with E-state index in [-0.39, 0.29) is 6.03 Å². The topological polar surface area (TPSA) is 98.3 Å². The van der Waals surface area contributed by atoms with Gasteiger partial charge in [0.05, 0.1) is 10.2 Å². The van der Waals surface area contributed by atoms with Gasteiger partial charge < -0.3 is 10.6 Å². The predicted molar refractivity (Wildman–Crippen MR) is 116 cm³/mol. The first-order valence-corrected chi connectivity index (χ1v) is 10.1. The summed E-state index contributed by atoms with van der Waals surface area (Å²) >= 11 is 3.44. The van der Waals surface area contributed by atoms with Gasteiger partial charge in [-0.15, -0.1) is 0 Å². The minimum atomic E-state index is -0.349. The number of carbonyl (C=O) groups excluding carboxylic acids is 1. The van der Waals surface area contributed by atoms with Crippen LogP contribution in [-0.4, -0.2) is 59.2 Å². The van der Waals surface area contributed by atoms with Gasteiger partial charge in [-0.05, 0) is 34.1 Å². The summed E-state index contributed by atoms with van der Waals surface area (Å²) < 4.78 is 0.659. The number of amides is 2. The number of nitrogens with one attached hydrogen (secondary N) is 3. The minimum Gasteiger partial charge on any atom is -0.341 e. The molecule has 0 bridgehead atoms. The van der Waals surface area contributed by atoms with Crippen molar-refractivity contribution in [2.24, 2.45) is 0 Å². The second kappa shape index (κ2) is 8.68. The Morgan fingerprint density at radius 2 is 1.97 bits per heavy atom. The van der Waals surface area contributed by atoms with Crippen LogP contribution < -0.4 is 21.0 Å². The van der Waals surface area contributed by atoms with E-state index in [2.05, 4.69) is 46.9 Å². The fraction of sp³-hybridized carbons (Fsp3) is 0.263. The van der Waals surface area contributed by atoms with Gasteiger partial charge in [0, 0.05) is 44.8 Å². The first-order chi connectivity index (χ1) is 14.2. The summed E-state index contributed by atoms with van der Waals surface area (Å²) in [4.78, 5) is 25.5. The SMILES string of the molecule is CNC(=O)Nc1nc2nc(N(c3ccccc3)N3CCNCC3)ncc2cc1Br. The molecule has 0 saturated carbocycles. The molecule has 3 heterocycles. The van der Waals surface area contributed by atoms with E-state index in [1.807, 2.05) is 41.4 Å². The van der Waals surface area contributed by atoms with E-state index in [4.69, 9.17) is 4.98 Å². The highest BCUT2D eigenvalue weighted by atomic mass is 79.9. The van der Waals surface area contributed by atoms with Crippen molar-refractivity contribution >= 4 is 50.4 Å². The maximum Gasteiger partial charge on any atom is 0.320 e. The molecule has 0 radical (unpaired) electrons. The molecule has 3 N–H and O–H groups in total. The Hall–Kier alpha value is -2.82. The molecule has 9 nitrogen and oxygen atoms in total. The third-order valence-corrected chi connectivity index (χ3v) is 5.14. The number of piperazine rings is 1. The van der Waals surface area contributed by atoms with E-state index in [1.165, 1.54) is 0 Å². The average molecular weight is 457 g/mol. The van der Waals surface area contributed by atoms with Crippen LogP contribution in [0.25, 0.3) is 11.0 Å². The van der Waals surface area contributed by atoms with Crippen LogP contribution in [0.5, 0.6) is 0 Å². The quantitative estimate of drug-likeness (QED) is 0.554. The summed E-state index contributed by atoms with van der Waals surface area (Å²) in [6, 6.07) is 11.5. The lowest BCUT2D eigenvalue weighted by Crippen LogP contribution is -2.51. The molecule has 1 aromatic carbocycles. The van der Waals surface area contributed by atoms with Crippen LogP contribution >= 0.6 is 15.9 Å². The Morgan fingerprint density at radius 1 is 1.21 bits per heavy atom. The van der Waals surface area contributed by atoms with Crippen LogP contribution in [0.3, 0.4) is 0 Å². The fourth-order valence-electron chi connectivity index (χ4n) is 3.12. The zero-order valence-electron chi connectivity index (χ0n) is 15.9. The largest absolute Gasteiger partial charge is 0.341 e. The van der Waals surface area contributed by atoms with Gasteiger partial charge in [0.2, 0.25) is 5.95 Å². The number of aromatic nitrogens is 3. The molecule has 0 atom stereocenters. The zero-order valence-corrected chi connectivity index (χ0v) is 17.5. The van der Waals surface area contributed by atoms with Gasteiger partial charge in [0.1, 0.15) is 0 Å². The molecule has 1 saturated heterocycles. The Morgan fingerprint density at radius 3 is 2.69 bits per heavy atom. The van der Waals surface area contributed by atoms with Crippen molar-refractivity contribution in [3.63, 3.8) is 0 Å². The Labute approximate surface area is 176 Å². The number of rotatable bonds is 4. The van der Waals surface area contributed by atoms with Crippen molar-refractivity contribution in [2.45, 2.75) is 0 Å². The number of hydrazine groups is 1. The molecule has 0 unspecified atom stereocenters. The lowest BCUT2D eigenvalue weighted by atomic mass is 10.3. The summed E-state index contributed by atoms with van der Waals surface area (Å²) in [5.41, 5.74) is 1.48. The molecule has 0 aliphatic carbocycles. The molecule has 1 aliphatic heterocycles. The number of anilines is 3. The van der Waals surface area contributed by atoms with Crippen molar-refractivity contribution in [1.82, 2.24) is 30.6 Å². The molecular formula is C19H21BrN8O. The maximum atomic E-state index is 11.7. The van der Waals surface area contributed by atoms with E-state index in [0.29, 0.717) is 21.9 Å². The predicted octanol–water partition coefficient (Wildman–Crippen LogP) is 2.50. The van der Waals surface area contributed by atoms with E-state index >= 15 is 0 Å². The Balaban J connectivity index is 1.76. The molecule has 4 rings (SSSR count). The number of fused-ring (bicyclic) bond motifs is 1. The van der Waals surface area contributed by atoms with Crippen LogP contribution in [0, 0.1) is 0 Å². The third-order valence-electron chi connectivity index (χ3n) is 4.53. The average Bonchev–Trinajstić information content (AvgIpc) is 2.76. The number of urea groups is 1. The number of halogens is 1. The van der Waals surface area contributed by atoms with Crippen LogP contribution in [0.2, 0.25) is 0 Å². The van der Waals surface area contributed by atoms with Crippen LogP contribution in [-0.2, 0) is 0 Å². The lowest BCUT2D eigenvalue weighted by Gasteiger charge is -2.37. The molecular weight excluding hydrogens is 436 g/mol. The maximum absolute atomic E-state index is 11.7.